The molecule has 2 fully saturated rings. The van der Waals surface area contributed by atoms with Gasteiger partial charge in [0.2, 0.25) is 0 Å². The first-order valence-corrected chi connectivity index (χ1v) is 7.69. The largest absolute Gasteiger partial charge is 0.372 e. The second kappa shape index (κ2) is 5.03. The average molecular weight is 222 g/mol. The molecule has 0 aliphatic carbocycles. The van der Waals surface area contributed by atoms with E-state index < -0.39 is 0 Å². The maximum absolute atomic E-state index is 5.14. The van der Waals surface area contributed by atoms with Gasteiger partial charge < -0.3 is 4.74 Å². The fourth-order valence-corrected chi connectivity index (χ4v) is 4.55. The van der Waals surface area contributed by atoms with Crippen LogP contribution < -0.4 is 0 Å². The van der Waals surface area contributed by atoms with Crippen LogP contribution in [0.3, 0.4) is 0 Å². The Balaban J connectivity index is 1.35. The van der Waals surface area contributed by atoms with Crippen molar-refractivity contribution in [2.75, 3.05) is 35.4 Å². The van der Waals surface area contributed by atoms with Crippen LogP contribution in [0.15, 0.2) is 0 Å². The number of rotatable bonds is 6. The molecule has 70 valence electrons. The Kier molecular flexibility index (Phi) is 4.01. The van der Waals surface area contributed by atoms with Gasteiger partial charge in [-0.15, -0.1) is 0 Å². The number of hydrogen-bond acceptors (Lipinski definition) is 4. The minimum Gasteiger partial charge on any atom is -0.372 e. The maximum Gasteiger partial charge on any atom is 0.0900 e. The van der Waals surface area contributed by atoms with Gasteiger partial charge in [0.05, 0.1) is 12.7 Å². The Bertz CT molecular complexity index is 134. The molecule has 0 aromatic heterocycles. The lowest BCUT2D eigenvalue weighted by Gasteiger charge is -2.23. The van der Waals surface area contributed by atoms with Crippen LogP contribution in [0.25, 0.3) is 0 Å². The van der Waals surface area contributed by atoms with Gasteiger partial charge in [0.25, 0.3) is 0 Å². The molecule has 1 unspecified atom stereocenters. The summed E-state index contributed by atoms with van der Waals surface area (Å²) in [4.78, 5) is 0. The monoisotopic (exact) mass is 222 g/mol. The van der Waals surface area contributed by atoms with Crippen LogP contribution in [0, 0.1) is 0 Å². The molecule has 0 aromatic rings. The Labute approximate surface area is 86.8 Å². The number of hydrogen-bond donors (Lipinski definition) is 0. The van der Waals surface area contributed by atoms with Gasteiger partial charge in [-0.25, -0.2) is 0 Å². The molecule has 2 aliphatic rings. The highest BCUT2D eigenvalue weighted by Gasteiger charge is 2.22. The lowest BCUT2D eigenvalue weighted by molar-refractivity contribution is 0.426. The van der Waals surface area contributed by atoms with Crippen LogP contribution in [0.5, 0.6) is 0 Å². The summed E-state index contributed by atoms with van der Waals surface area (Å²) in [6, 6.07) is 0. The fraction of sp³-hybridized carbons (Fsp3) is 1.00. The molecule has 1 nitrogen and oxygen atoms in total. The number of ether oxygens (including phenoxy) is 1. The Hall–Kier alpha value is 1.01. The lowest BCUT2D eigenvalue weighted by atomic mass is 10.5. The van der Waals surface area contributed by atoms with Crippen LogP contribution >= 0.6 is 35.3 Å². The van der Waals surface area contributed by atoms with E-state index in [1.165, 1.54) is 28.8 Å². The molecule has 2 saturated heterocycles. The minimum absolute atomic E-state index is 0.610. The molecule has 2 rings (SSSR count). The van der Waals surface area contributed by atoms with Gasteiger partial charge in [0.15, 0.2) is 0 Å². The summed E-state index contributed by atoms with van der Waals surface area (Å²) in [5, 5.41) is 0.979. The van der Waals surface area contributed by atoms with E-state index in [0.717, 1.165) is 11.9 Å². The van der Waals surface area contributed by atoms with Crippen molar-refractivity contribution in [3.8, 4) is 0 Å². The summed E-state index contributed by atoms with van der Waals surface area (Å²) in [6.07, 6.45) is 0.610. The van der Waals surface area contributed by atoms with Crippen LogP contribution in [0.4, 0.5) is 0 Å². The molecule has 12 heavy (non-hydrogen) atoms. The Morgan fingerprint density at radius 2 is 2.17 bits per heavy atom. The highest BCUT2D eigenvalue weighted by Crippen LogP contribution is 2.29. The summed E-state index contributed by atoms with van der Waals surface area (Å²) < 4.78 is 5.14. The van der Waals surface area contributed by atoms with Crippen LogP contribution in [-0.2, 0) is 4.74 Å². The molecule has 4 heteroatoms. The second-order valence-corrected chi connectivity index (χ2v) is 6.69. The summed E-state index contributed by atoms with van der Waals surface area (Å²) >= 11 is 6.28. The predicted molar refractivity (Wildman–Crippen MR) is 60.6 cm³/mol. The zero-order valence-corrected chi connectivity index (χ0v) is 9.48. The molecular weight excluding hydrogens is 208 g/mol. The first-order valence-electron chi connectivity index (χ1n) is 4.34. The van der Waals surface area contributed by atoms with Crippen molar-refractivity contribution >= 4 is 35.3 Å². The van der Waals surface area contributed by atoms with Crippen molar-refractivity contribution in [1.82, 2.24) is 0 Å². The normalized spacial score (nSPS) is 28.5. The summed E-state index contributed by atoms with van der Waals surface area (Å²) in [5.74, 6) is 6.65. The highest BCUT2D eigenvalue weighted by molar-refractivity contribution is 8.08. The van der Waals surface area contributed by atoms with Crippen LogP contribution in [0.1, 0.15) is 0 Å². The van der Waals surface area contributed by atoms with Crippen molar-refractivity contribution in [1.29, 1.82) is 0 Å². The maximum atomic E-state index is 5.14. The van der Waals surface area contributed by atoms with E-state index >= 15 is 0 Å². The van der Waals surface area contributed by atoms with E-state index in [9.17, 15) is 0 Å². The Morgan fingerprint density at radius 1 is 1.33 bits per heavy atom. The van der Waals surface area contributed by atoms with E-state index in [1.807, 2.05) is 11.8 Å². The van der Waals surface area contributed by atoms with Crippen molar-refractivity contribution < 1.29 is 4.74 Å². The van der Waals surface area contributed by atoms with Crippen molar-refractivity contribution in [2.45, 2.75) is 11.4 Å². The quantitative estimate of drug-likeness (QED) is 0.503. The zero-order valence-electron chi connectivity index (χ0n) is 7.03. The smallest absolute Gasteiger partial charge is 0.0900 e. The summed E-state index contributed by atoms with van der Waals surface area (Å²) in [6.45, 7) is 1.01. The second-order valence-electron chi connectivity index (χ2n) is 3.06. The van der Waals surface area contributed by atoms with Gasteiger partial charge in [0.1, 0.15) is 0 Å². The molecule has 2 aliphatic heterocycles. The number of epoxide rings is 1. The van der Waals surface area contributed by atoms with E-state index in [2.05, 4.69) is 23.5 Å². The molecule has 0 amide bonds. The van der Waals surface area contributed by atoms with Gasteiger partial charge in [-0.2, -0.15) is 35.3 Å². The van der Waals surface area contributed by atoms with Gasteiger partial charge >= 0.3 is 0 Å². The predicted octanol–water partition coefficient (Wildman–Crippen LogP) is 1.97. The minimum atomic E-state index is 0.610. The van der Waals surface area contributed by atoms with Gasteiger partial charge in [-0.05, 0) is 0 Å². The number of thioether (sulfide) groups is 3. The summed E-state index contributed by atoms with van der Waals surface area (Å²) in [5.41, 5.74) is 0. The zero-order chi connectivity index (χ0) is 8.23. The molecule has 0 bridgehead atoms. The van der Waals surface area contributed by atoms with E-state index in [0.29, 0.717) is 6.10 Å². The highest BCUT2D eigenvalue weighted by atomic mass is 32.2. The lowest BCUT2D eigenvalue weighted by Crippen LogP contribution is -2.21. The van der Waals surface area contributed by atoms with Crippen LogP contribution in [0.2, 0.25) is 0 Å². The third-order valence-electron chi connectivity index (χ3n) is 1.89. The SMILES string of the molecule is C(CSC1CSC1)SCC1CO1. The summed E-state index contributed by atoms with van der Waals surface area (Å²) in [7, 11) is 0. The van der Waals surface area contributed by atoms with Gasteiger partial charge in [-0.3, -0.25) is 0 Å². The van der Waals surface area contributed by atoms with Crippen molar-refractivity contribution in [2.24, 2.45) is 0 Å². The Morgan fingerprint density at radius 3 is 2.75 bits per heavy atom. The first-order chi connectivity index (χ1) is 5.95. The molecular formula is C8H14OS3. The average Bonchev–Trinajstić information content (AvgIpc) is 2.76. The third-order valence-corrected chi connectivity index (χ3v) is 6.20. The third kappa shape index (κ3) is 3.40. The molecule has 0 N–H and O–H groups in total. The standard InChI is InChI=1S/C8H14OS3/c1(10-4-7-3-9-7)2-12-8-5-11-6-8/h7-8H,1-6H2. The molecule has 0 saturated carbocycles. The van der Waals surface area contributed by atoms with Crippen molar-refractivity contribution in [3.05, 3.63) is 0 Å². The molecule has 0 aromatic carbocycles. The molecule has 1 atom stereocenters. The van der Waals surface area contributed by atoms with E-state index in [1.54, 1.807) is 0 Å². The van der Waals surface area contributed by atoms with Gasteiger partial charge in [-0.1, -0.05) is 0 Å². The van der Waals surface area contributed by atoms with Gasteiger partial charge in [0, 0.05) is 34.0 Å². The van der Waals surface area contributed by atoms with E-state index in [-0.39, 0.29) is 0 Å². The van der Waals surface area contributed by atoms with Crippen LogP contribution in [-0.4, -0.2) is 46.7 Å². The fourth-order valence-electron chi connectivity index (χ4n) is 0.963. The topological polar surface area (TPSA) is 12.5 Å². The first kappa shape index (κ1) is 9.56. The molecule has 0 spiro atoms. The molecule has 0 radical (unpaired) electrons. The van der Waals surface area contributed by atoms with Crippen molar-refractivity contribution in [3.63, 3.8) is 0 Å². The van der Waals surface area contributed by atoms with E-state index in [4.69, 9.17) is 4.74 Å². The molecule has 2 heterocycles.